The normalized spacial score (nSPS) is 11.8. The number of fused-ring (bicyclic) bond motifs is 2. The van der Waals surface area contributed by atoms with Gasteiger partial charge in [-0.25, -0.2) is 0 Å². The van der Waals surface area contributed by atoms with Gasteiger partial charge in [-0.2, -0.15) is 21.6 Å². The van der Waals surface area contributed by atoms with E-state index in [1.54, 1.807) is 19.1 Å². The van der Waals surface area contributed by atoms with Gasteiger partial charge >= 0.3 is 15.6 Å². The first-order valence-corrected chi connectivity index (χ1v) is 30.5. The van der Waals surface area contributed by atoms with Crippen LogP contribution in [0, 0.1) is 41.8 Å². The molecule has 0 fully saturated rings. The van der Waals surface area contributed by atoms with E-state index >= 15 is 0 Å². The van der Waals surface area contributed by atoms with Gasteiger partial charge in [0.15, 0.2) is 5.75 Å². The van der Waals surface area contributed by atoms with E-state index in [4.69, 9.17) is 6.42 Å². The molecule has 0 aliphatic carbocycles. The van der Waals surface area contributed by atoms with Crippen LogP contribution < -0.4 is 4.18 Å². The summed E-state index contributed by atoms with van der Waals surface area (Å²) >= 11 is 13.7. The van der Waals surface area contributed by atoms with Gasteiger partial charge < -0.3 is 4.18 Å². The molecule has 51 heavy (non-hydrogen) atoms. The standard InChI is InChI=1S/C20H22Br2Si2.C12H7Br2F3O3S.C5H10Si/c1-23(2,3)13-11-17-15-7-10-20(22)18(12-14-24(4,5)6)16(15)8-9-19(17)21;1-6-7-2-5-10(14)11(8(7)3-4-9(6)13)20-21(18,19)12(15,16)17;1-5-6(2,3)4/h7-10H,1-6H3;2-5H,1H3;1H,2-4H3. The second-order valence-electron chi connectivity index (χ2n) is 14.5. The van der Waals surface area contributed by atoms with Crippen LogP contribution >= 0.6 is 63.7 Å². The Labute approximate surface area is 337 Å². The van der Waals surface area contributed by atoms with E-state index in [9.17, 15) is 21.6 Å². The van der Waals surface area contributed by atoms with Gasteiger partial charge in [0, 0.05) is 29.9 Å². The van der Waals surface area contributed by atoms with Crippen molar-refractivity contribution >= 4 is 120 Å². The van der Waals surface area contributed by atoms with Crippen molar-refractivity contribution in [2.75, 3.05) is 0 Å². The van der Waals surface area contributed by atoms with E-state index < -0.39 is 39.8 Å². The van der Waals surface area contributed by atoms with Gasteiger partial charge in [-0.1, -0.05) is 105 Å². The average Bonchev–Trinajstić information content (AvgIpc) is 2.98. The third kappa shape index (κ3) is 13.5. The Morgan fingerprint density at radius 3 is 1.33 bits per heavy atom. The van der Waals surface area contributed by atoms with Crippen molar-refractivity contribution in [2.24, 2.45) is 0 Å². The lowest BCUT2D eigenvalue weighted by Gasteiger charge is -2.14. The lowest BCUT2D eigenvalue weighted by Crippen LogP contribution is -2.28. The van der Waals surface area contributed by atoms with Crippen LogP contribution in [0.2, 0.25) is 58.9 Å². The summed E-state index contributed by atoms with van der Waals surface area (Å²) in [7, 11) is -9.69. The first-order chi connectivity index (χ1) is 23.1. The molecule has 0 saturated carbocycles. The first kappa shape index (κ1) is 45.3. The highest BCUT2D eigenvalue weighted by molar-refractivity contribution is 9.11. The van der Waals surface area contributed by atoms with Gasteiger partial charge in [0.2, 0.25) is 0 Å². The van der Waals surface area contributed by atoms with Crippen molar-refractivity contribution in [3.8, 4) is 40.6 Å². The van der Waals surface area contributed by atoms with Crippen LogP contribution in [-0.4, -0.2) is 38.1 Å². The minimum atomic E-state index is -5.73. The topological polar surface area (TPSA) is 43.4 Å². The molecule has 0 unspecified atom stereocenters. The molecule has 0 aromatic heterocycles. The Morgan fingerprint density at radius 2 is 0.961 bits per heavy atom. The van der Waals surface area contributed by atoms with Gasteiger partial charge in [-0.15, -0.1) is 23.1 Å². The molecule has 0 amide bonds. The fraction of sp³-hybridized carbons (Fsp3) is 0.297. The molecule has 0 N–H and O–H groups in total. The number of rotatable bonds is 2. The van der Waals surface area contributed by atoms with E-state index in [0.29, 0.717) is 5.39 Å². The maximum atomic E-state index is 12.5. The van der Waals surface area contributed by atoms with Crippen molar-refractivity contribution in [1.29, 1.82) is 0 Å². The number of alkyl halides is 3. The molecule has 0 spiro atoms. The number of halogens is 7. The Kier molecular flexibility index (Phi) is 15.6. The SMILES string of the molecule is C#C[Si](C)(C)C.C[Si](C)(C)C#Cc1c(Br)ccc2c(C#C[Si](C)(C)C)c(Br)ccc12.Cc1c(Br)ccc2c(OS(=O)(=O)C(F)(F)F)c(Br)ccc12. The van der Waals surface area contributed by atoms with E-state index in [2.05, 4.69) is 180 Å². The Balaban J connectivity index is 0.000000307. The average molecular weight is 1020 g/mol. The van der Waals surface area contributed by atoms with Gasteiger partial charge in [0.05, 0.1) is 4.47 Å². The molecular formula is C37H39Br4F3O3SSi3. The minimum Gasteiger partial charge on any atom is -0.374 e. The molecule has 0 heterocycles. The van der Waals surface area contributed by atoms with Crippen LogP contribution in [0.15, 0.2) is 66.4 Å². The van der Waals surface area contributed by atoms with Crippen molar-refractivity contribution in [2.45, 2.75) is 71.4 Å². The summed E-state index contributed by atoms with van der Waals surface area (Å²) in [6.07, 6.45) is 5.12. The fourth-order valence-electron chi connectivity index (χ4n) is 3.82. The van der Waals surface area contributed by atoms with Crippen LogP contribution in [-0.2, 0) is 10.1 Å². The van der Waals surface area contributed by atoms with Gasteiger partial charge in [-0.3, -0.25) is 0 Å². The smallest absolute Gasteiger partial charge is 0.374 e. The van der Waals surface area contributed by atoms with Crippen LogP contribution in [0.3, 0.4) is 0 Å². The summed E-state index contributed by atoms with van der Waals surface area (Å²) in [5.41, 5.74) is 7.11. The second kappa shape index (κ2) is 17.6. The molecule has 4 aromatic carbocycles. The predicted octanol–water partition coefficient (Wildman–Crippen LogP) is 13.2. The predicted molar refractivity (Wildman–Crippen MR) is 232 cm³/mol. The molecule has 3 nitrogen and oxygen atoms in total. The highest BCUT2D eigenvalue weighted by Gasteiger charge is 2.49. The molecule has 0 atom stereocenters. The highest BCUT2D eigenvalue weighted by atomic mass is 79.9. The summed E-state index contributed by atoms with van der Waals surface area (Å²) < 4.78 is 67.0. The molecule has 0 saturated heterocycles. The molecule has 272 valence electrons. The minimum absolute atomic E-state index is 0.115. The summed E-state index contributed by atoms with van der Waals surface area (Å²) in [6, 6.07) is 14.6. The molecule has 0 bridgehead atoms. The maximum absolute atomic E-state index is 12.5. The zero-order valence-corrected chi connectivity index (χ0v) is 40.1. The molecule has 4 rings (SSSR count). The molecule has 0 radical (unpaired) electrons. The monoisotopic (exact) mass is 1020 g/mol. The molecule has 0 aliphatic heterocycles. The van der Waals surface area contributed by atoms with E-state index in [0.717, 1.165) is 30.1 Å². The van der Waals surface area contributed by atoms with Crippen molar-refractivity contribution < 1.29 is 25.8 Å². The Morgan fingerprint density at radius 1 is 0.608 bits per heavy atom. The molecule has 4 aromatic rings. The largest absolute Gasteiger partial charge is 0.534 e. The van der Waals surface area contributed by atoms with Gasteiger partial charge in [0.25, 0.3) is 0 Å². The lowest BCUT2D eigenvalue weighted by atomic mass is 10.0. The zero-order valence-electron chi connectivity index (χ0n) is 30.0. The quantitative estimate of drug-likeness (QED) is 0.0870. The molecular weight excluding hydrogens is 985 g/mol. The number of aryl methyl sites for hydroxylation is 1. The van der Waals surface area contributed by atoms with Crippen molar-refractivity contribution in [3.05, 3.63) is 83.1 Å². The second-order valence-corrected chi connectivity index (χ2v) is 33.7. The summed E-state index contributed by atoms with van der Waals surface area (Å²) in [6.45, 7) is 21.8. The summed E-state index contributed by atoms with van der Waals surface area (Å²) in [5.74, 6) is 6.46. The third-order valence-electron chi connectivity index (χ3n) is 6.44. The fourth-order valence-corrected chi connectivity index (χ4v) is 7.09. The lowest BCUT2D eigenvalue weighted by molar-refractivity contribution is -0.0499. The Hall–Kier alpha value is -1.81. The van der Waals surface area contributed by atoms with Crippen molar-refractivity contribution in [1.82, 2.24) is 0 Å². The van der Waals surface area contributed by atoms with E-state index in [1.165, 1.54) is 22.9 Å². The van der Waals surface area contributed by atoms with Crippen molar-refractivity contribution in [3.63, 3.8) is 0 Å². The van der Waals surface area contributed by atoms with E-state index in [1.807, 2.05) is 0 Å². The first-order valence-electron chi connectivity index (χ1n) is 15.4. The van der Waals surface area contributed by atoms with Crippen LogP contribution in [0.4, 0.5) is 13.2 Å². The van der Waals surface area contributed by atoms with Gasteiger partial charge in [-0.05, 0) is 107 Å². The number of terminal acetylenes is 1. The Bertz CT molecular complexity index is 2150. The number of benzene rings is 4. The number of hydrogen-bond acceptors (Lipinski definition) is 3. The highest BCUT2D eigenvalue weighted by Crippen LogP contribution is 2.40. The summed E-state index contributed by atoms with van der Waals surface area (Å²) in [4.78, 5) is 0. The third-order valence-corrected chi connectivity index (χ3v) is 12.8. The van der Waals surface area contributed by atoms with E-state index in [-0.39, 0.29) is 15.6 Å². The van der Waals surface area contributed by atoms with Gasteiger partial charge in [0.1, 0.15) is 24.2 Å². The molecule has 0 aliphatic rings. The molecule has 14 heteroatoms. The van der Waals surface area contributed by atoms with Crippen LogP contribution in [0.1, 0.15) is 16.7 Å². The zero-order chi connectivity index (χ0) is 39.3. The van der Waals surface area contributed by atoms with Crippen LogP contribution in [0.5, 0.6) is 5.75 Å². The number of hydrogen-bond donors (Lipinski definition) is 0. The maximum Gasteiger partial charge on any atom is 0.534 e. The van der Waals surface area contributed by atoms with Crippen LogP contribution in [0.25, 0.3) is 21.5 Å². The summed E-state index contributed by atoms with van der Waals surface area (Å²) in [5, 5.41) is 3.18.